The highest BCUT2D eigenvalue weighted by Gasteiger charge is 2.23. The van der Waals surface area contributed by atoms with Crippen molar-refractivity contribution in [2.45, 2.75) is 66.2 Å². The van der Waals surface area contributed by atoms with E-state index in [0.29, 0.717) is 12.0 Å². The van der Waals surface area contributed by atoms with E-state index in [1.165, 1.54) is 19.6 Å². The fraction of sp³-hybridized carbons (Fsp3) is 0.850. The Morgan fingerprint density at radius 1 is 0.893 bits per heavy atom. The Morgan fingerprint density at radius 2 is 1.39 bits per heavy atom. The summed E-state index contributed by atoms with van der Waals surface area (Å²) in [5, 5.41) is 0. The van der Waals surface area contributed by atoms with Crippen LogP contribution in [0.5, 0.6) is 0 Å². The van der Waals surface area contributed by atoms with Crippen LogP contribution >= 0.6 is 7.82 Å². The SMILES string of the molecule is C=C(C)C(=O)OCCCOP(=O)([O-])OCCCC[N+](CCC)(CCC)CCC. The van der Waals surface area contributed by atoms with Crippen LogP contribution in [0.15, 0.2) is 12.2 Å². The summed E-state index contributed by atoms with van der Waals surface area (Å²) in [6.07, 6.45) is 5.35. The first-order valence-electron chi connectivity index (χ1n) is 10.5. The number of ether oxygens (including phenoxy) is 1. The molecule has 0 bridgehead atoms. The van der Waals surface area contributed by atoms with E-state index in [1.807, 2.05) is 0 Å². The summed E-state index contributed by atoms with van der Waals surface area (Å²) in [5.41, 5.74) is 0.304. The quantitative estimate of drug-likeness (QED) is 0.110. The summed E-state index contributed by atoms with van der Waals surface area (Å²) in [7, 11) is -4.31. The summed E-state index contributed by atoms with van der Waals surface area (Å²) in [4.78, 5) is 23.0. The van der Waals surface area contributed by atoms with Crippen LogP contribution in [-0.2, 0) is 23.1 Å². The molecule has 1 atom stereocenters. The van der Waals surface area contributed by atoms with Crippen LogP contribution in [0.25, 0.3) is 0 Å². The van der Waals surface area contributed by atoms with Crippen molar-refractivity contribution >= 4 is 13.8 Å². The number of nitrogens with zero attached hydrogens (tertiary/aromatic N) is 1. The van der Waals surface area contributed by atoms with E-state index >= 15 is 0 Å². The van der Waals surface area contributed by atoms with Crippen LogP contribution in [0.3, 0.4) is 0 Å². The number of phosphoric acid groups is 1. The van der Waals surface area contributed by atoms with Gasteiger partial charge in [-0.25, -0.2) is 4.79 Å². The zero-order chi connectivity index (χ0) is 21.5. The van der Waals surface area contributed by atoms with E-state index in [1.54, 1.807) is 6.92 Å². The molecule has 8 heteroatoms. The van der Waals surface area contributed by atoms with E-state index in [9.17, 15) is 14.3 Å². The molecule has 0 aliphatic rings. The van der Waals surface area contributed by atoms with Gasteiger partial charge in [0.25, 0.3) is 7.82 Å². The first kappa shape index (κ1) is 27.3. The van der Waals surface area contributed by atoms with Crippen molar-refractivity contribution in [1.82, 2.24) is 0 Å². The van der Waals surface area contributed by atoms with Crippen molar-refractivity contribution in [2.24, 2.45) is 0 Å². The number of carbonyl (C=O) groups excluding carboxylic acids is 1. The predicted molar refractivity (Wildman–Crippen MR) is 110 cm³/mol. The molecule has 0 aliphatic carbocycles. The zero-order valence-electron chi connectivity index (χ0n) is 18.2. The molecule has 0 N–H and O–H groups in total. The lowest BCUT2D eigenvalue weighted by atomic mass is 10.2. The second-order valence-electron chi connectivity index (χ2n) is 7.33. The van der Waals surface area contributed by atoms with Crippen LogP contribution in [0.1, 0.15) is 66.2 Å². The summed E-state index contributed by atoms with van der Waals surface area (Å²) >= 11 is 0. The number of rotatable bonds is 18. The van der Waals surface area contributed by atoms with E-state index in [0.717, 1.165) is 36.7 Å². The summed E-state index contributed by atoms with van der Waals surface area (Å²) in [5.74, 6) is -0.495. The fourth-order valence-electron chi connectivity index (χ4n) is 3.38. The molecule has 0 rings (SSSR count). The van der Waals surface area contributed by atoms with Crippen LogP contribution in [0.4, 0.5) is 0 Å². The number of carbonyl (C=O) groups is 1. The van der Waals surface area contributed by atoms with Crippen molar-refractivity contribution < 1.29 is 32.5 Å². The smallest absolute Gasteiger partial charge is 0.333 e. The minimum atomic E-state index is -4.31. The Morgan fingerprint density at radius 3 is 1.86 bits per heavy atom. The monoisotopic (exact) mass is 421 g/mol. The number of hydrogen-bond donors (Lipinski definition) is 0. The van der Waals surface area contributed by atoms with Gasteiger partial charge in [0.05, 0.1) is 46.0 Å². The Balaban J connectivity index is 4.07. The maximum atomic E-state index is 11.8. The minimum absolute atomic E-state index is 0.0756. The highest BCUT2D eigenvalue weighted by molar-refractivity contribution is 7.45. The Labute approximate surface area is 171 Å². The maximum absolute atomic E-state index is 11.8. The maximum Gasteiger partial charge on any atom is 0.333 e. The van der Waals surface area contributed by atoms with Crippen molar-refractivity contribution in [2.75, 3.05) is 46.0 Å². The van der Waals surface area contributed by atoms with Crippen molar-refractivity contribution in [3.8, 4) is 0 Å². The summed E-state index contributed by atoms with van der Waals surface area (Å²) in [6.45, 7) is 16.4. The molecule has 28 heavy (non-hydrogen) atoms. The third kappa shape index (κ3) is 12.7. The molecule has 1 unspecified atom stereocenters. The highest BCUT2D eigenvalue weighted by atomic mass is 31.2. The molecule has 0 aliphatic heterocycles. The normalized spacial score (nSPS) is 13.9. The second kappa shape index (κ2) is 15.2. The number of quaternary nitrogens is 1. The van der Waals surface area contributed by atoms with E-state index in [2.05, 4.69) is 27.4 Å². The Kier molecular flexibility index (Phi) is 14.8. The molecule has 0 amide bonds. The van der Waals surface area contributed by atoms with Gasteiger partial charge in [-0.1, -0.05) is 27.4 Å². The van der Waals surface area contributed by atoms with Gasteiger partial charge in [-0.15, -0.1) is 0 Å². The van der Waals surface area contributed by atoms with Gasteiger partial charge in [0, 0.05) is 12.0 Å². The fourth-order valence-corrected chi connectivity index (χ4v) is 4.16. The van der Waals surface area contributed by atoms with Gasteiger partial charge in [0.2, 0.25) is 0 Å². The first-order valence-corrected chi connectivity index (χ1v) is 12.0. The van der Waals surface area contributed by atoms with Crippen molar-refractivity contribution in [3.63, 3.8) is 0 Å². The molecule has 0 aromatic rings. The molecule has 0 radical (unpaired) electrons. The molecule has 0 aromatic carbocycles. The topological polar surface area (TPSA) is 84.9 Å². The summed E-state index contributed by atoms with van der Waals surface area (Å²) < 4.78 is 27.5. The van der Waals surface area contributed by atoms with Crippen LogP contribution in [0.2, 0.25) is 0 Å². The van der Waals surface area contributed by atoms with E-state index < -0.39 is 13.8 Å². The third-order valence-electron chi connectivity index (χ3n) is 4.49. The van der Waals surface area contributed by atoms with Crippen molar-refractivity contribution in [1.29, 1.82) is 0 Å². The number of phosphoric ester groups is 1. The van der Waals surface area contributed by atoms with Crippen LogP contribution in [0, 0.1) is 0 Å². The molecule has 0 spiro atoms. The number of hydrogen-bond acceptors (Lipinski definition) is 6. The van der Waals surface area contributed by atoms with Gasteiger partial charge in [-0.3, -0.25) is 4.57 Å². The Hall–Kier alpha value is -0.720. The molecule has 0 heterocycles. The van der Waals surface area contributed by atoms with Crippen LogP contribution in [-0.4, -0.2) is 56.5 Å². The average Bonchev–Trinajstić information content (AvgIpc) is 2.61. The average molecular weight is 422 g/mol. The van der Waals surface area contributed by atoms with Gasteiger partial charge >= 0.3 is 5.97 Å². The van der Waals surface area contributed by atoms with Crippen molar-refractivity contribution in [3.05, 3.63) is 12.2 Å². The lowest BCUT2D eigenvalue weighted by Crippen LogP contribution is -2.50. The lowest BCUT2D eigenvalue weighted by Gasteiger charge is -2.38. The van der Waals surface area contributed by atoms with Gasteiger partial charge < -0.3 is 23.2 Å². The van der Waals surface area contributed by atoms with E-state index in [4.69, 9.17) is 13.8 Å². The lowest BCUT2D eigenvalue weighted by molar-refractivity contribution is -0.928. The molecule has 7 nitrogen and oxygen atoms in total. The molecule has 0 saturated carbocycles. The molecular formula is C20H40NO6P. The Bertz CT molecular complexity index is 480. The largest absolute Gasteiger partial charge is 0.756 e. The second-order valence-corrected chi connectivity index (χ2v) is 8.74. The number of unbranched alkanes of at least 4 members (excludes halogenated alkanes) is 1. The van der Waals surface area contributed by atoms with Gasteiger partial charge in [-0.05, 0) is 39.0 Å². The van der Waals surface area contributed by atoms with Crippen LogP contribution < -0.4 is 4.89 Å². The molecular weight excluding hydrogens is 381 g/mol. The predicted octanol–water partition coefficient (Wildman–Crippen LogP) is 3.82. The molecule has 0 fully saturated rings. The first-order chi connectivity index (χ1) is 13.2. The van der Waals surface area contributed by atoms with Gasteiger partial charge in [-0.2, -0.15) is 0 Å². The molecule has 0 aromatic heterocycles. The van der Waals surface area contributed by atoms with E-state index in [-0.39, 0.29) is 26.2 Å². The van der Waals surface area contributed by atoms with Gasteiger partial charge in [0.1, 0.15) is 0 Å². The zero-order valence-corrected chi connectivity index (χ0v) is 19.1. The van der Waals surface area contributed by atoms with Gasteiger partial charge in [0.15, 0.2) is 0 Å². The third-order valence-corrected chi connectivity index (χ3v) is 5.49. The molecule has 0 saturated heterocycles. The molecule has 166 valence electrons. The minimum Gasteiger partial charge on any atom is -0.756 e. The standard InChI is InChI=1S/C20H40NO6P/c1-6-12-21(13-7-2,14-8-3)15-9-10-17-26-28(23,24)27-18-11-16-25-20(22)19(4)5/h4,6-18H2,1-3,5H3. The number of esters is 1. The highest BCUT2D eigenvalue weighted by Crippen LogP contribution is 2.38. The summed E-state index contributed by atoms with van der Waals surface area (Å²) in [6, 6.07) is 0.